The smallest absolute Gasteiger partial charge is 0.165 e. The lowest BCUT2D eigenvalue weighted by molar-refractivity contribution is 0.289. The van der Waals surface area contributed by atoms with E-state index in [-0.39, 0.29) is 5.75 Å². The minimum Gasteiger partial charge on any atom is -0.504 e. The summed E-state index contributed by atoms with van der Waals surface area (Å²) in [6.45, 7) is 2.92. The summed E-state index contributed by atoms with van der Waals surface area (Å²) in [4.78, 5) is 0. The number of ether oxygens (including phenoxy) is 1. The first-order valence-corrected chi connectivity index (χ1v) is 15.4. The zero-order chi connectivity index (χ0) is 26.7. The van der Waals surface area contributed by atoms with Crippen molar-refractivity contribution in [3.05, 3.63) is 72.8 Å². The van der Waals surface area contributed by atoms with Crippen LogP contribution in [0.1, 0.15) is 110 Å². The Morgan fingerprint density at radius 3 is 1.45 bits per heavy atom. The summed E-state index contributed by atoms with van der Waals surface area (Å²) >= 11 is 0. The third-order valence-electron chi connectivity index (χ3n) is 7.52. The topological polar surface area (TPSA) is 29.5 Å². The lowest BCUT2D eigenvalue weighted by atomic mass is 9.97. The molecule has 0 heterocycles. The van der Waals surface area contributed by atoms with Crippen LogP contribution in [0.5, 0.6) is 11.5 Å². The van der Waals surface area contributed by atoms with Crippen LogP contribution in [0.2, 0.25) is 0 Å². The maximum absolute atomic E-state index is 11.0. The van der Waals surface area contributed by atoms with E-state index in [1.807, 2.05) is 54.6 Å². The van der Waals surface area contributed by atoms with Gasteiger partial charge in [0.05, 0.1) is 6.61 Å². The minimum absolute atomic E-state index is 0.229. The molecule has 3 aromatic rings. The normalized spacial score (nSPS) is 11.1. The Kier molecular flexibility index (Phi) is 14.5. The van der Waals surface area contributed by atoms with Crippen LogP contribution in [-0.4, -0.2) is 11.7 Å². The molecule has 0 fully saturated rings. The van der Waals surface area contributed by atoms with Gasteiger partial charge >= 0.3 is 0 Å². The summed E-state index contributed by atoms with van der Waals surface area (Å²) < 4.78 is 6.13. The molecule has 3 aromatic carbocycles. The van der Waals surface area contributed by atoms with Crippen molar-refractivity contribution in [2.75, 3.05) is 6.61 Å². The molecule has 1 N–H and O–H groups in total. The Morgan fingerprint density at radius 2 is 0.947 bits per heavy atom. The molecule has 0 unspecified atom stereocenters. The highest BCUT2D eigenvalue weighted by Gasteiger charge is 2.14. The number of phenolic OH excluding ortho intramolecular Hbond substituents is 1. The van der Waals surface area contributed by atoms with Crippen molar-refractivity contribution in [3.8, 4) is 33.8 Å². The van der Waals surface area contributed by atoms with E-state index in [0.29, 0.717) is 12.4 Å². The van der Waals surface area contributed by atoms with Gasteiger partial charge < -0.3 is 9.84 Å². The van der Waals surface area contributed by atoms with Crippen molar-refractivity contribution in [3.63, 3.8) is 0 Å². The summed E-state index contributed by atoms with van der Waals surface area (Å²) in [7, 11) is 0. The number of unbranched alkanes of at least 4 members (excludes halogenated alkanes) is 15. The van der Waals surface area contributed by atoms with Gasteiger partial charge in [-0.15, -0.1) is 0 Å². The van der Waals surface area contributed by atoms with Gasteiger partial charge in [-0.2, -0.15) is 0 Å². The highest BCUT2D eigenvalue weighted by Crippen LogP contribution is 2.41. The van der Waals surface area contributed by atoms with Crippen LogP contribution in [0.3, 0.4) is 0 Å². The van der Waals surface area contributed by atoms with E-state index < -0.39 is 0 Å². The Balaban J connectivity index is 1.32. The fourth-order valence-electron chi connectivity index (χ4n) is 5.19. The van der Waals surface area contributed by atoms with Crippen LogP contribution < -0.4 is 4.74 Å². The van der Waals surface area contributed by atoms with E-state index in [0.717, 1.165) is 28.7 Å². The zero-order valence-electron chi connectivity index (χ0n) is 23.8. The maximum atomic E-state index is 11.0. The van der Waals surface area contributed by atoms with E-state index in [1.54, 1.807) is 0 Å². The van der Waals surface area contributed by atoms with Crippen molar-refractivity contribution in [2.45, 2.75) is 110 Å². The van der Waals surface area contributed by atoms with E-state index in [9.17, 15) is 5.11 Å². The van der Waals surface area contributed by atoms with E-state index in [1.165, 1.54) is 96.3 Å². The number of aromatic hydroxyl groups is 1. The van der Waals surface area contributed by atoms with Crippen molar-refractivity contribution in [1.29, 1.82) is 0 Å². The van der Waals surface area contributed by atoms with Gasteiger partial charge in [0.25, 0.3) is 0 Å². The van der Waals surface area contributed by atoms with Crippen LogP contribution in [0.25, 0.3) is 22.3 Å². The molecule has 206 valence electrons. The van der Waals surface area contributed by atoms with Crippen LogP contribution >= 0.6 is 0 Å². The molecule has 0 aliphatic carbocycles. The lowest BCUT2D eigenvalue weighted by Gasteiger charge is -2.15. The molecule has 0 amide bonds. The molecule has 0 saturated carbocycles. The number of hydrogen-bond donors (Lipinski definition) is 1. The van der Waals surface area contributed by atoms with Gasteiger partial charge in [0.2, 0.25) is 0 Å². The Bertz CT molecular complexity index is 997. The third-order valence-corrected chi connectivity index (χ3v) is 7.52. The Hall–Kier alpha value is -2.74. The van der Waals surface area contributed by atoms with Gasteiger partial charge in [-0.1, -0.05) is 164 Å². The predicted molar refractivity (Wildman–Crippen MR) is 164 cm³/mol. The monoisotopic (exact) mass is 514 g/mol. The molecule has 0 aliphatic heterocycles. The van der Waals surface area contributed by atoms with Gasteiger partial charge in [-0.25, -0.2) is 0 Å². The van der Waals surface area contributed by atoms with Gasteiger partial charge in [0, 0.05) is 5.56 Å². The minimum atomic E-state index is 0.229. The zero-order valence-corrected chi connectivity index (χ0v) is 23.8. The summed E-state index contributed by atoms with van der Waals surface area (Å²) in [6, 6.07) is 24.4. The summed E-state index contributed by atoms with van der Waals surface area (Å²) in [5.74, 6) is 0.804. The van der Waals surface area contributed by atoms with E-state index >= 15 is 0 Å². The van der Waals surface area contributed by atoms with Crippen LogP contribution in [0.15, 0.2) is 72.8 Å². The number of benzene rings is 3. The molecule has 0 aliphatic rings. The van der Waals surface area contributed by atoms with E-state index in [4.69, 9.17) is 4.74 Å². The largest absolute Gasteiger partial charge is 0.504 e. The average Bonchev–Trinajstić information content (AvgIpc) is 2.96. The molecule has 0 bridgehead atoms. The highest BCUT2D eigenvalue weighted by molar-refractivity contribution is 5.80. The standard InChI is InChI=1S/C36H50O2/c1-2-3-4-5-6-7-8-9-10-11-12-13-14-15-16-23-28-38-35-30-33(31-24-19-17-20-25-31)29-34(36(35)37)32-26-21-18-22-27-32/h17-22,24-27,29-30,37H,2-16,23,28H2,1H3. The fourth-order valence-corrected chi connectivity index (χ4v) is 5.19. The summed E-state index contributed by atoms with van der Waals surface area (Å²) in [5.41, 5.74) is 3.99. The highest BCUT2D eigenvalue weighted by atomic mass is 16.5. The van der Waals surface area contributed by atoms with Gasteiger partial charge in [0.15, 0.2) is 11.5 Å². The molecule has 2 heteroatoms. The molecular weight excluding hydrogens is 464 g/mol. The van der Waals surface area contributed by atoms with Crippen molar-refractivity contribution >= 4 is 0 Å². The van der Waals surface area contributed by atoms with Gasteiger partial charge in [0.1, 0.15) is 0 Å². The molecule has 2 nitrogen and oxygen atoms in total. The van der Waals surface area contributed by atoms with Crippen molar-refractivity contribution < 1.29 is 9.84 Å². The van der Waals surface area contributed by atoms with Crippen LogP contribution in [-0.2, 0) is 0 Å². The van der Waals surface area contributed by atoms with Crippen molar-refractivity contribution in [1.82, 2.24) is 0 Å². The summed E-state index contributed by atoms with van der Waals surface area (Å²) in [5, 5.41) is 11.0. The maximum Gasteiger partial charge on any atom is 0.165 e. The second-order valence-electron chi connectivity index (χ2n) is 10.8. The van der Waals surface area contributed by atoms with Crippen LogP contribution in [0, 0.1) is 0 Å². The summed E-state index contributed by atoms with van der Waals surface area (Å²) in [6.07, 6.45) is 21.7. The molecule has 0 aromatic heterocycles. The molecular formula is C36H50O2. The molecule has 3 rings (SSSR count). The number of rotatable bonds is 20. The molecule has 38 heavy (non-hydrogen) atoms. The number of hydrogen-bond acceptors (Lipinski definition) is 2. The fraction of sp³-hybridized carbons (Fsp3) is 0.500. The molecule has 0 spiro atoms. The quantitative estimate of drug-likeness (QED) is 0.152. The average molecular weight is 515 g/mol. The molecule has 0 atom stereocenters. The van der Waals surface area contributed by atoms with Crippen LogP contribution in [0.4, 0.5) is 0 Å². The van der Waals surface area contributed by atoms with Crippen molar-refractivity contribution in [2.24, 2.45) is 0 Å². The third kappa shape index (κ3) is 10.9. The first kappa shape index (κ1) is 29.8. The lowest BCUT2D eigenvalue weighted by Crippen LogP contribution is -1.99. The first-order valence-electron chi connectivity index (χ1n) is 15.4. The first-order chi connectivity index (χ1) is 18.8. The van der Waals surface area contributed by atoms with Gasteiger partial charge in [-0.3, -0.25) is 0 Å². The number of phenols is 1. The van der Waals surface area contributed by atoms with E-state index in [2.05, 4.69) is 25.1 Å². The SMILES string of the molecule is CCCCCCCCCCCCCCCCCCOc1cc(-c2ccccc2)cc(-c2ccccc2)c1O. The predicted octanol–water partition coefficient (Wildman–Crippen LogP) is 11.4. The Labute approximate surface area is 232 Å². The Morgan fingerprint density at radius 1 is 0.500 bits per heavy atom. The van der Waals surface area contributed by atoms with Gasteiger partial charge in [-0.05, 0) is 35.2 Å². The second kappa shape index (κ2) is 18.5. The second-order valence-corrected chi connectivity index (χ2v) is 10.8. The molecule has 0 saturated heterocycles. The molecule has 0 radical (unpaired) electrons.